The molecule has 0 saturated carbocycles. The van der Waals surface area contributed by atoms with Crippen molar-refractivity contribution in [2.24, 2.45) is 5.92 Å². The lowest BCUT2D eigenvalue weighted by atomic mass is 10.0. The monoisotopic (exact) mass is 262 g/mol. The van der Waals surface area contributed by atoms with E-state index in [1.54, 1.807) is 0 Å². The van der Waals surface area contributed by atoms with E-state index in [0.29, 0.717) is 5.92 Å². The second kappa shape index (κ2) is 7.82. The maximum atomic E-state index is 12.4. The normalized spacial score (nSPS) is 12.3. The molecule has 1 amide bonds. The van der Waals surface area contributed by atoms with Crippen LogP contribution in [0.3, 0.4) is 0 Å². The Balaban J connectivity index is 2.81. The van der Waals surface area contributed by atoms with Gasteiger partial charge in [0.15, 0.2) is 0 Å². The Morgan fingerprint density at radius 3 is 2.47 bits per heavy atom. The van der Waals surface area contributed by atoms with Crippen molar-refractivity contribution in [3.8, 4) is 0 Å². The van der Waals surface area contributed by atoms with Crippen LogP contribution in [0.15, 0.2) is 24.3 Å². The molecule has 106 valence electrons. The number of para-hydroxylation sites is 1. The number of nitrogens with one attached hydrogen (secondary N) is 2. The summed E-state index contributed by atoms with van der Waals surface area (Å²) in [5.41, 5.74) is 1.65. The van der Waals surface area contributed by atoms with Crippen molar-refractivity contribution in [1.82, 2.24) is 5.32 Å². The summed E-state index contributed by atoms with van der Waals surface area (Å²) in [6.45, 7) is 9.37. The Labute approximate surface area is 116 Å². The molecule has 0 aliphatic rings. The van der Waals surface area contributed by atoms with E-state index in [2.05, 4.69) is 38.3 Å². The van der Waals surface area contributed by atoms with Crippen molar-refractivity contribution >= 4 is 11.6 Å². The van der Waals surface area contributed by atoms with Crippen LogP contribution in [0.1, 0.15) is 50.9 Å². The van der Waals surface area contributed by atoms with Crippen LogP contribution in [0.2, 0.25) is 0 Å². The molecule has 1 unspecified atom stereocenters. The molecule has 0 aliphatic carbocycles. The number of carbonyl (C=O) groups is 1. The second-order valence-electron chi connectivity index (χ2n) is 5.20. The average Bonchev–Trinajstić information content (AvgIpc) is 2.42. The Morgan fingerprint density at radius 1 is 1.21 bits per heavy atom. The number of anilines is 1. The smallest absolute Gasteiger partial charge is 0.253 e. The largest absolute Gasteiger partial charge is 0.384 e. The lowest BCUT2D eigenvalue weighted by Gasteiger charge is -2.21. The van der Waals surface area contributed by atoms with Gasteiger partial charge in [-0.1, -0.05) is 39.8 Å². The summed E-state index contributed by atoms with van der Waals surface area (Å²) >= 11 is 0. The minimum Gasteiger partial charge on any atom is -0.384 e. The van der Waals surface area contributed by atoms with Crippen molar-refractivity contribution in [2.45, 2.75) is 46.6 Å². The first kappa shape index (κ1) is 15.5. The lowest BCUT2D eigenvalue weighted by Crippen LogP contribution is -2.38. The lowest BCUT2D eigenvalue weighted by molar-refractivity contribution is 0.0925. The van der Waals surface area contributed by atoms with Crippen molar-refractivity contribution in [1.29, 1.82) is 0 Å². The van der Waals surface area contributed by atoms with Crippen molar-refractivity contribution < 1.29 is 4.79 Å². The van der Waals surface area contributed by atoms with Crippen LogP contribution in [-0.2, 0) is 0 Å². The van der Waals surface area contributed by atoms with Crippen LogP contribution in [0, 0.1) is 5.92 Å². The number of amides is 1. The average molecular weight is 262 g/mol. The molecular weight excluding hydrogens is 236 g/mol. The maximum absolute atomic E-state index is 12.4. The minimum absolute atomic E-state index is 0.0137. The molecule has 0 aliphatic heterocycles. The predicted molar refractivity (Wildman–Crippen MR) is 81.6 cm³/mol. The Morgan fingerprint density at radius 2 is 1.89 bits per heavy atom. The summed E-state index contributed by atoms with van der Waals surface area (Å²) < 4.78 is 0. The quantitative estimate of drug-likeness (QED) is 0.787. The van der Waals surface area contributed by atoms with E-state index < -0.39 is 0 Å². The highest BCUT2D eigenvalue weighted by Crippen LogP contribution is 2.16. The van der Waals surface area contributed by atoms with Gasteiger partial charge in [0.1, 0.15) is 0 Å². The van der Waals surface area contributed by atoms with Gasteiger partial charge in [-0.15, -0.1) is 0 Å². The molecule has 0 spiro atoms. The van der Waals surface area contributed by atoms with Crippen LogP contribution >= 0.6 is 0 Å². The molecule has 2 N–H and O–H groups in total. The minimum atomic E-state index is 0.0137. The molecule has 0 saturated heterocycles. The number of carbonyl (C=O) groups excluding carboxylic acids is 1. The molecule has 0 heterocycles. The summed E-state index contributed by atoms with van der Waals surface area (Å²) in [5, 5.41) is 6.42. The molecule has 19 heavy (non-hydrogen) atoms. The Bertz CT molecular complexity index is 401. The molecular formula is C16H26N2O. The van der Waals surface area contributed by atoms with Gasteiger partial charge < -0.3 is 10.6 Å². The van der Waals surface area contributed by atoms with Gasteiger partial charge in [0.2, 0.25) is 0 Å². The van der Waals surface area contributed by atoms with Gasteiger partial charge in [-0.2, -0.15) is 0 Å². The first-order chi connectivity index (χ1) is 9.10. The molecule has 1 aromatic carbocycles. The first-order valence-electron chi connectivity index (χ1n) is 7.23. The van der Waals surface area contributed by atoms with Crippen LogP contribution < -0.4 is 10.6 Å². The van der Waals surface area contributed by atoms with E-state index in [1.807, 2.05) is 24.3 Å². The van der Waals surface area contributed by atoms with Crippen LogP contribution in [-0.4, -0.2) is 18.5 Å². The highest BCUT2D eigenvalue weighted by atomic mass is 16.1. The van der Waals surface area contributed by atoms with Gasteiger partial charge in [0.25, 0.3) is 5.91 Å². The van der Waals surface area contributed by atoms with E-state index >= 15 is 0 Å². The molecule has 1 aromatic rings. The molecule has 0 fully saturated rings. The molecule has 0 radical (unpaired) electrons. The molecule has 0 aromatic heterocycles. The van der Waals surface area contributed by atoms with Crippen LogP contribution in [0.25, 0.3) is 0 Å². The molecule has 1 rings (SSSR count). The predicted octanol–water partition coefficient (Wildman–Crippen LogP) is 3.67. The van der Waals surface area contributed by atoms with Gasteiger partial charge in [0, 0.05) is 18.3 Å². The van der Waals surface area contributed by atoms with Crippen LogP contribution in [0.4, 0.5) is 5.69 Å². The second-order valence-corrected chi connectivity index (χ2v) is 5.20. The molecule has 0 bridgehead atoms. The molecule has 1 atom stereocenters. The zero-order valence-corrected chi connectivity index (χ0v) is 12.5. The van der Waals surface area contributed by atoms with Crippen molar-refractivity contribution in [3.05, 3.63) is 29.8 Å². The third-order valence-corrected chi connectivity index (χ3v) is 3.30. The molecule has 3 nitrogen and oxygen atoms in total. The van der Waals surface area contributed by atoms with E-state index in [1.165, 1.54) is 0 Å². The fraction of sp³-hybridized carbons (Fsp3) is 0.562. The SMILES string of the molecule is CCCNc1ccccc1C(=O)NC(CC)C(C)C. The van der Waals surface area contributed by atoms with E-state index in [0.717, 1.165) is 30.6 Å². The van der Waals surface area contributed by atoms with E-state index in [-0.39, 0.29) is 11.9 Å². The van der Waals surface area contributed by atoms with Gasteiger partial charge in [-0.25, -0.2) is 0 Å². The molecule has 3 heteroatoms. The summed E-state index contributed by atoms with van der Waals surface area (Å²) in [4.78, 5) is 12.4. The Kier molecular flexibility index (Phi) is 6.40. The fourth-order valence-corrected chi connectivity index (χ4v) is 2.08. The topological polar surface area (TPSA) is 41.1 Å². The number of hydrogen-bond acceptors (Lipinski definition) is 2. The van der Waals surface area contributed by atoms with E-state index in [9.17, 15) is 4.79 Å². The van der Waals surface area contributed by atoms with Gasteiger partial charge in [-0.3, -0.25) is 4.79 Å². The summed E-state index contributed by atoms with van der Waals surface area (Å²) in [5.74, 6) is 0.462. The number of benzene rings is 1. The van der Waals surface area contributed by atoms with E-state index in [4.69, 9.17) is 0 Å². The van der Waals surface area contributed by atoms with Crippen LogP contribution in [0.5, 0.6) is 0 Å². The third-order valence-electron chi connectivity index (χ3n) is 3.30. The number of rotatable bonds is 7. The Hall–Kier alpha value is -1.51. The first-order valence-corrected chi connectivity index (χ1v) is 7.23. The summed E-state index contributed by atoms with van der Waals surface area (Å²) in [6.07, 6.45) is 1.99. The zero-order valence-electron chi connectivity index (χ0n) is 12.5. The zero-order chi connectivity index (χ0) is 14.3. The fourth-order valence-electron chi connectivity index (χ4n) is 2.08. The summed E-state index contributed by atoms with van der Waals surface area (Å²) in [7, 11) is 0. The highest BCUT2D eigenvalue weighted by Gasteiger charge is 2.17. The maximum Gasteiger partial charge on any atom is 0.253 e. The van der Waals surface area contributed by atoms with Crippen molar-refractivity contribution in [3.63, 3.8) is 0 Å². The van der Waals surface area contributed by atoms with Crippen molar-refractivity contribution in [2.75, 3.05) is 11.9 Å². The highest BCUT2D eigenvalue weighted by molar-refractivity contribution is 5.99. The standard InChI is InChI=1S/C16H26N2O/c1-5-11-17-15-10-8-7-9-13(15)16(19)18-14(6-2)12(3)4/h7-10,12,14,17H,5-6,11H2,1-4H3,(H,18,19). The third kappa shape index (κ3) is 4.58. The van der Waals surface area contributed by atoms with Gasteiger partial charge >= 0.3 is 0 Å². The number of hydrogen-bond donors (Lipinski definition) is 2. The van der Waals surface area contributed by atoms with Gasteiger partial charge in [-0.05, 0) is 30.9 Å². The summed E-state index contributed by atoms with van der Waals surface area (Å²) in [6, 6.07) is 7.92. The van der Waals surface area contributed by atoms with Gasteiger partial charge in [0.05, 0.1) is 5.56 Å².